The summed E-state index contributed by atoms with van der Waals surface area (Å²) < 4.78 is 0. The molecule has 1 aromatic carbocycles. The number of aliphatic hydroxyl groups is 1. The van der Waals surface area contributed by atoms with Crippen molar-refractivity contribution in [3.63, 3.8) is 0 Å². The quantitative estimate of drug-likeness (QED) is 0.589. The molecule has 2 aromatic rings. The number of benzene rings is 1. The van der Waals surface area contributed by atoms with Crippen LogP contribution in [0.5, 0.6) is 0 Å². The lowest BCUT2D eigenvalue weighted by molar-refractivity contribution is -0.141. The molecule has 0 aliphatic heterocycles. The second kappa shape index (κ2) is 10.4. The number of thiophene rings is 1. The number of carbonyl (C=O) groups excluding carboxylic acids is 2. The molecule has 0 fully saturated rings. The number of para-hydroxylation sites is 1. The highest BCUT2D eigenvalue weighted by Crippen LogP contribution is 2.24. The summed E-state index contributed by atoms with van der Waals surface area (Å²) in [5.41, 5.74) is 2.28. The molecule has 1 heterocycles. The number of nitrogens with one attached hydrogen (secondary N) is 1. The van der Waals surface area contributed by atoms with Gasteiger partial charge >= 0.3 is 0 Å². The normalized spacial score (nSPS) is 11.3. The van der Waals surface area contributed by atoms with Crippen molar-refractivity contribution in [3.05, 3.63) is 52.2 Å². The van der Waals surface area contributed by atoms with E-state index in [1.165, 1.54) is 16.3 Å². The molecule has 0 aliphatic rings. The van der Waals surface area contributed by atoms with Crippen LogP contribution in [0.1, 0.15) is 67.6 Å². The van der Waals surface area contributed by atoms with Crippen molar-refractivity contribution in [2.45, 2.75) is 64.9 Å². The summed E-state index contributed by atoms with van der Waals surface area (Å²) in [5, 5.41) is 14.1. The maximum absolute atomic E-state index is 13.1. The van der Waals surface area contributed by atoms with Crippen molar-refractivity contribution in [1.29, 1.82) is 0 Å². The van der Waals surface area contributed by atoms with E-state index in [1.54, 1.807) is 35.7 Å². The summed E-state index contributed by atoms with van der Waals surface area (Å²) in [5.74, 6) is -0.851. The fourth-order valence-electron chi connectivity index (χ4n) is 2.99. The van der Waals surface area contributed by atoms with Gasteiger partial charge in [0.2, 0.25) is 0 Å². The van der Waals surface area contributed by atoms with Gasteiger partial charge in [-0.05, 0) is 38.0 Å². The smallest absolute Gasteiger partial charge is 0.277 e. The average Bonchev–Trinajstić information content (AvgIpc) is 3.15. The Morgan fingerprint density at radius 1 is 1.11 bits per heavy atom. The number of aryl methyl sites for hydroxylation is 1. The third-order valence-corrected chi connectivity index (χ3v) is 5.58. The Kier molecular flexibility index (Phi) is 8.20. The Bertz CT molecular complexity index is 765. The van der Waals surface area contributed by atoms with E-state index in [1.807, 2.05) is 26.8 Å². The highest BCUT2D eigenvalue weighted by atomic mass is 32.1. The third kappa shape index (κ3) is 5.66. The van der Waals surface area contributed by atoms with Crippen LogP contribution in [0, 0.1) is 6.92 Å². The van der Waals surface area contributed by atoms with E-state index in [9.17, 15) is 14.7 Å². The lowest BCUT2D eigenvalue weighted by Gasteiger charge is -2.31. The van der Waals surface area contributed by atoms with Crippen LogP contribution in [-0.2, 0) is 4.79 Å². The Balaban J connectivity index is 2.29. The fourth-order valence-corrected chi connectivity index (χ4v) is 3.67. The second-order valence-electron chi connectivity index (χ2n) is 7.10. The zero-order valence-corrected chi connectivity index (χ0v) is 17.7. The molecule has 2 N–H and O–H groups in total. The molecule has 6 heteroatoms. The summed E-state index contributed by atoms with van der Waals surface area (Å²) in [6.45, 7) is 5.98. The largest absolute Gasteiger partial charge is 0.380 e. The number of hydrogen-bond acceptors (Lipinski definition) is 4. The van der Waals surface area contributed by atoms with Crippen molar-refractivity contribution < 1.29 is 14.7 Å². The van der Waals surface area contributed by atoms with Crippen LogP contribution < -0.4 is 10.4 Å². The standard InChI is InChI=1S/C22H30N2O3S/c1-4-6-13-22(27,14-7-5-2)21(26)23-24(19-11-9-8-10-12-19)20(25)18-15-17(3)28-16-18/h8-12,15-16,27H,4-7,13-14H2,1-3H3,(H,23,26). The maximum Gasteiger partial charge on any atom is 0.277 e. The van der Waals surface area contributed by atoms with E-state index < -0.39 is 11.5 Å². The zero-order valence-electron chi connectivity index (χ0n) is 16.9. The molecular weight excluding hydrogens is 372 g/mol. The van der Waals surface area contributed by atoms with Gasteiger partial charge in [-0.25, -0.2) is 5.01 Å². The minimum atomic E-state index is -1.48. The molecule has 0 unspecified atom stereocenters. The Morgan fingerprint density at radius 3 is 2.21 bits per heavy atom. The number of carbonyl (C=O) groups is 2. The number of hydrazine groups is 1. The van der Waals surface area contributed by atoms with E-state index in [0.29, 0.717) is 24.1 Å². The van der Waals surface area contributed by atoms with Gasteiger partial charge in [0.1, 0.15) is 5.60 Å². The van der Waals surface area contributed by atoms with E-state index in [0.717, 1.165) is 30.6 Å². The minimum absolute atomic E-state index is 0.322. The molecule has 0 aliphatic carbocycles. The predicted molar refractivity (Wildman–Crippen MR) is 114 cm³/mol. The van der Waals surface area contributed by atoms with Crippen molar-refractivity contribution >= 4 is 28.8 Å². The molecule has 0 radical (unpaired) electrons. The van der Waals surface area contributed by atoms with Gasteiger partial charge in [0.25, 0.3) is 11.8 Å². The number of nitrogens with zero attached hydrogens (tertiary/aromatic N) is 1. The number of amides is 2. The SMILES string of the molecule is CCCCC(O)(CCCC)C(=O)NN(C(=O)c1csc(C)c1)c1ccccc1. The van der Waals surface area contributed by atoms with Gasteiger partial charge in [0.15, 0.2) is 0 Å². The van der Waals surface area contributed by atoms with Crippen LogP contribution in [0.2, 0.25) is 0 Å². The summed E-state index contributed by atoms with van der Waals surface area (Å²) in [4.78, 5) is 27.2. The van der Waals surface area contributed by atoms with Crippen LogP contribution in [0.15, 0.2) is 41.8 Å². The molecule has 2 amide bonds. The van der Waals surface area contributed by atoms with Crippen LogP contribution in [-0.4, -0.2) is 22.5 Å². The molecule has 0 bridgehead atoms. The molecule has 0 atom stereocenters. The molecule has 0 saturated carbocycles. The highest BCUT2D eigenvalue weighted by molar-refractivity contribution is 7.10. The summed E-state index contributed by atoms with van der Waals surface area (Å²) in [6, 6.07) is 10.8. The van der Waals surface area contributed by atoms with Crippen molar-refractivity contribution in [2.24, 2.45) is 0 Å². The summed E-state index contributed by atoms with van der Waals surface area (Å²) >= 11 is 1.48. The number of rotatable bonds is 9. The van der Waals surface area contributed by atoms with Gasteiger partial charge in [-0.1, -0.05) is 57.7 Å². The minimum Gasteiger partial charge on any atom is -0.380 e. The molecular formula is C22H30N2O3S. The first-order valence-electron chi connectivity index (χ1n) is 9.89. The summed E-state index contributed by atoms with van der Waals surface area (Å²) in [7, 11) is 0. The van der Waals surface area contributed by atoms with Gasteiger partial charge in [-0.3, -0.25) is 15.0 Å². The fraction of sp³-hybridized carbons (Fsp3) is 0.455. The van der Waals surface area contributed by atoms with E-state index in [4.69, 9.17) is 0 Å². The first kappa shape index (κ1) is 22.1. The number of anilines is 1. The zero-order chi connectivity index (χ0) is 20.6. The molecule has 28 heavy (non-hydrogen) atoms. The molecule has 1 aromatic heterocycles. The Hall–Kier alpha value is -2.18. The van der Waals surface area contributed by atoms with Gasteiger partial charge < -0.3 is 5.11 Å². The monoisotopic (exact) mass is 402 g/mol. The second-order valence-corrected chi connectivity index (χ2v) is 8.22. The Morgan fingerprint density at radius 2 is 1.71 bits per heavy atom. The van der Waals surface area contributed by atoms with Gasteiger partial charge in [-0.2, -0.15) is 0 Å². The van der Waals surface area contributed by atoms with Crippen molar-refractivity contribution in [2.75, 3.05) is 5.01 Å². The van der Waals surface area contributed by atoms with E-state index in [2.05, 4.69) is 5.43 Å². The third-order valence-electron chi connectivity index (χ3n) is 4.72. The van der Waals surface area contributed by atoms with Gasteiger partial charge in [0.05, 0.1) is 11.3 Å². The first-order chi connectivity index (χ1) is 13.4. The molecule has 152 valence electrons. The van der Waals surface area contributed by atoms with Crippen LogP contribution in [0.4, 0.5) is 5.69 Å². The topological polar surface area (TPSA) is 69.6 Å². The average molecular weight is 403 g/mol. The molecule has 2 rings (SSSR count). The summed E-state index contributed by atoms with van der Waals surface area (Å²) in [6.07, 6.45) is 4.02. The van der Waals surface area contributed by atoms with E-state index in [-0.39, 0.29) is 5.91 Å². The molecule has 0 spiro atoms. The predicted octanol–water partition coefficient (Wildman–Crippen LogP) is 4.85. The van der Waals surface area contributed by atoms with Crippen molar-refractivity contribution in [1.82, 2.24) is 5.43 Å². The highest BCUT2D eigenvalue weighted by Gasteiger charge is 2.36. The van der Waals surface area contributed by atoms with E-state index >= 15 is 0 Å². The van der Waals surface area contributed by atoms with Gasteiger partial charge in [0, 0.05) is 10.3 Å². The maximum atomic E-state index is 13.1. The first-order valence-corrected chi connectivity index (χ1v) is 10.8. The van der Waals surface area contributed by atoms with Crippen LogP contribution in [0.25, 0.3) is 0 Å². The molecule has 5 nitrogen and oxygen atoms in total. The number of hydrogen-bond donors (Lipinski definition) is 2. The lowest BCUT2D eigenvalue weighted by atomic mass is 9.90. The van der Waals surface area contributed by atoms with Crippen LogP contribution in [0.3, 0.4) is 0 Å². The van der Waals surface area contributed by atoms with Crippen LogP contribution >= 0.6 is 11.3 Å². The van der Waals surface area contributed by atoms with Gasteiger partial charge in [-0.15, -0.1) is 11.3 Å². The number of unbranched alkanes of at least 4 members (excludes halogenated alkanes) is 2. The van der Waals surface area contributed by atoms with Crippen molar-refractivity contribution in [3.8, 4) is 0 Å². The Labute approximate surface area is 171 Å². The lowest BCUT2D eigenvalue weighted by Crippen LogP contribution is -2.55. The molecule has 0 saturated heterocycles.